The number of methoxy groups -OCH3 is 4. The zero-order chi connectivity index (χ0) is 27.1. The third-order valence-electron chi connectivity index (χ3n) is 6.48. The summed E-state index contributed by atoms with van der Waals surface area (Å²) in [6, 6.07) is 0. The van der Waals surface area contributed by atoms with Gasteiger partial charge in [-0.25, -0.2) is 9.59 Å². The SMILES string of the molecule is COC(=O)C1=C(/C=C(/OC)C(=O)OC)[C@]23CC(=O)C=C[C@@]2(C(=O)OC)[C@H](OS(C)(=O)=O)C(=O)N3CC1. The van der Waals surface area contributed by atoms with Gasteiger partial charge in [-0.05, 0) is 24.1 Å². The molecular formula is C22H25NO12S. The molecule has 2 aliphatic heterocycles. The van der Waals surface area contributed by atoms with E-state index in [-0.39, 0.29) is 24.1 Å². The number of nitrogens with zero attached hydrogens (tertiary/aromatic N) is 1. The van der Waals surface area contributed by atoms with E-state index in [1.165, 1.54) is 0 Å². The largest absolute Gasteiger partial charge is 0.490 e. The number of ketones is 1. The summed E-state index contributed by atoms with van der Waals surface area (Å²) in [4.78, 5) is 66.3. The highest BCUT2D eigenvalue weighted by Gasteiger charge is 2.76. The number of ether oxygens (including phenoxy) is 4. The first-order valence-electron chi connectivity index (χ1n) is 10.5. The van der Waals surface area contributed by atoms with Crippen LogP contribution in [0.25, 0.3) is 0 Å². The van der Waals surface area contributed by atoms with Crippen molar-refractivity contribution in [3.63, 3.8) is 0 Å². The Labute approximate surface area is 206 Å². The summed E-state index contributed by atoms with van der Waals surface area (Å²) in [5, 5.41) is 0. The Balaban J connectivity index is 2.53. The van der Waals surface area contributed by atoms with Crippen LogP contribution < -0.4 is 0 Å². The summed E-state index contributed by atoms with van der Waals surface area (Å²) in [6.45, 7) is -0.204. The predicted octanol–water partition coefficient (Wildman–Crippen LogP) is -0.823. The van der Waals surface area contributed by atoms with Crippen LogP contribution in [-0.2, 0) is 57.2 Å². The highest BCUT2D eigenvalue weighted by molar-refractivity contribution is 7.86. The van der Waals surface area contributed by atoms with Gasteiger partial charge in [0.1, 0.15) is 0 Å². The fourth-order valence-corrected chi connectivity index (χ4v) is 5.70. The monoisotopic (exact) mass is 527 g/mol. The fourth-order valence-electron chi connectivity index (χ4n) is 5.12. The Hall–Kier alpha value is -3.52. The Bertz CT molecular complexity index is 1230. The second-order valence-electron chi connectivity index (χ2n) is 8.21. The maximum absolute atomic E-state index is 13.6. The molecule has 1 aliphatic carbocycles. The minimum Gasteiger partial charge on any atom is -0.490 e. The number of hydrogen-bond donors (Lipinski definition) is 0. The van der Waals surface area contributed by atoms with Crippen molar-refractivity contribution in [2.45, 2.75) is 24.5 Å². The number of hydrogen-bond acceptors (Lipinski definition) is 12. The minimum atomic E-state index is -4.32. The second kappa shape index (κ2) is 9.50. The molecule has 0 aromatic rings. The molecule has 36 heavy (non-hydrogen) atoms. The normalized spacial score (nSPS) is 27.9. The van der Waals surface area contributed by atoms with E-state index in [2.05, 4.69) is 0 Å². The molecule has 196 valence electrons. The van der Waals surface area contributed by atoms with Gasteiger partial charge in [0.15, 0.2) is 17.3 Å². The van der Waals surface area contributed by atoms with Gasteiger partial charge >= 0.3 is 17.9 Å². The molecule has 1 fully saturated rings. The van der Waals surface area contributed by atoms with Crippen LogP contribution in [0.2, 0.25) is 0 Å². The van der Waals surface area contributed by atoms with Gasteiger partial charge in [0.25, 0.3) is 16.0 Å². The molecule has 3 rings (SSSR count). The molecule has 0 N–H and O–H groups in total. The average molecular weight is 528 g/mol. The molecule has 1 amide bonds. The molecule has 3 aliphatic rings. The lowest BCUT2D eigenvalue weighted by Gasteiger charge is -2.51. The number of amides is 1. The molecule has 0 radical (unpaired) electrons. The van der Waals surface area contributed by atoms with Crippen molar-refractivity contribution < 1.29 is 55.5 Å². The summed E-state index contributed by atoms with van der Waals surface area (Å²) in [5.74, 6) is -4.84. The first-order valence-corrected chi connectivity index (χ1v) is 12.3. The van der Waals surface area contributed by atoms with E-state index < -0.39 is 69.0 Å². The van der Waals surface area contributed by atoms with Gasteiger partial charge in [-0.3, -0.25) is 18.6 Å². The van der Waals surface area contributed by atoms with E-state index in [0.717, 1.165) is 51.6 Å². The van der Waals surface area contributed by atoms with E-state index in [1.54, 1.807) is 0 Å². The van der Waals surface area contributed by atoms with Gasteiger partial charge in [-0.1, -0.05) is 6.08 Å². The molecule has 14 heteroatoms. The number of allylic oxidation sites excluding steroid dienone is 1. The maximum atomic E-state index is 13.6. The Morgan fingerprint density at radius 1 is 1.06 bits per heavy atom. The first-order chi connectivity index (χ1) is 16.8. The fraction of sp³-hybridized carbons (Fsp3) is 0.500. The van der Waals surface area contributed by atoms with E-state index in [4.69, 9.17) is 23.1 Å². The predicted molar refractivity (Wildman–Crippen MR) is 118 cm³/mol. The van der Waals surface area contributed by atoms with Crippen LogP contribution in [0.4, 0.5) is 0 Å². The number of esters is 3. The van der Waals surface area contributed by atoms with Crippen molar-refractivity contribution in [2.75, 3.05) is 41.2 Å². The van der Waals surface area contributed by atoms with Gasteiger partial charge < -0.3 is 23.8 Å². The van der Waals surface area contributed by atoms with Crippen molar-refractivity contribution in [2.24, 2.45) is 5.41 Å². The van der Waals surface area contributed by atoms with Gasteiger partial charge in [-0.15, -0.1) is 0 Å². The van der Waals surface area contributed by atoms with Crippen molar-refractivity contribution >= 4 is 39.7 Å². The van der Waals surface area contributed by atoms with Crippen molar-refractivity contribution in [3.8, 4) is 0 Å². The van der Waals surface area contributed by atoms with Gasteiger partial charge in [-0.2, -0.15) is 8.42 Å². The molecule has 0 unspecified atom stereocenters. The Kier molecular flexibility index (Phi) is 7.15. The van der Waals surface area contributed by atoms with Gasteiger partial charge in [0.2, 0.25) is 5.76 Å². The second-order valence-corrected chi connectivity index (χ2v) is 9.81. The molecule has 0 saturated carbocycles. The summed E-state index contributed by atoms with van der Waals surface area (Å²) >= 11 is 0. The van der Waals surface area contributed by atoms with Crippen LogP contribution in [-0.4, -0.2) is 95.8 Å². The number of rotatable bonds is 7. The first kappa shape index (κ1) is 27.1. The lowest BCUT2D eigenvalue weighted by atomic mass is 9.58. The van der Waals surface area contributed by atoms with Crippen molar-refractivity contribution in [1.82, 2.24) is 4.90 Å². The van der Waals surface area contributed by atoms with Crippen LogP contribution >= 0.6 is 0 Å². The Morgan fingerprint density at radius 2 is 1.72 bits per heavy atom. The molecule has 13 nitrogen and oxygen atoms in total. The van der Waals surface area contributed by atoms with Crippen LogP contribution in [0, 0.1) is 5.41 Å². The van der Waals surface area contributed by atoms with Crippen molar-refractivity contribution in [1.29, 1.82) is 0 Å². The summed E-state index contributed by atoms with van der Waals surface area (Å²) in [5.41, 5.74) is -4.51. The lowest BCUT2D eigenvalue weighted by molar-refractivity contribution is -0.159. The van der Waals surface area contributed by atoms with Crippen LogP contribution in [0.5, 0.6) is 0 Å². The minimum absolute atomic E-state index is 0.0728. The summed E-state index contributed by atoms with van der Waals surface area (Å²) in [6.07, 6.45) is 1.17. The average Bonchev–Trinajstić information content (AvgIpc) is 3.04. The zero-order valence-electron chi connectivity index (χ0n) is 20.2. The van der Waals surface area contributed by atoms with E-state index in [0.29, 0.717) is 6.26 Å². The third kappa shape index (κ3) is 3.89. The van der Waals surface area contributed by atoms with Crippen LogP contribution in [0.3, 0.4) is 0 Å². The molecule has 0 bridgehead atoms. The molecule has 2 heterocycles. The zero-order valence-corrected chi connectivity index (χ0v) is 21.0. The van der Waals surface area contributed by atoms with Gasteiger partial charge in [0, 0.05) is 18.5 Å². The lowest BCUT2D eigenvalue weighted by Crippen LogP contribution is -2.64. The molecule has 3 atom stereocenters. The van der Waals surface area contributed by atoms with Crippen LogP contribution in [0.15, 0.2) is 35.1 Å². The standard InChI is InChI=1S/C22H25NO12S/c1-31-15(19(27)33-3)10-14-13(18(26)32-2)7-9-23-17(25)16(35-36(5,29)30)21(20(28)34-4)8-6-12(24)11-22(14,21)23/h6,8,10,16H,7,9,11H2,1-5H3/b15-10+/t16-,21+,22-/m1/s1. The van der Waals surface area contributed by atoms with E-state index in [1.807, 2.05) is 0 Å². The number of carbonyl (C=O) groups excluding carboxylic acids is 5. The third-order valence-corrected chi connectivity index (χ3v) is 7.02. The van der Waals surface area contributed by atoms with E-state index in [9.17, 15) is 32.4 Å². The van der Waals surface area contributed by atoms with Crippen LogP contribution in [0.1, 0.15) is 12.8 Å². The molecule has 0 aromatic carbocycles. The molecule has 1 spiro atoms. The molecule has 0 aromatic heterocycles. The smallest absolute Gasteiger partial charge is 0.373 e. The maximum Gasteiger partial charge on any atom is 0.373 e. The Morgan fingerprint density at radius 3 is 2.25 bits per heavy atom. The summed E-state index contributed by atoms with van der Waals surface area (Å²) < 4.78 is 49.2. The highest BCUT2D eigenvalue weighted by atomic mass is 32.2. The van der Waals surface area contributed by atoms with Crippen molar-refractivity contribution in [3.05, 3.63) is 35.1 Å². The molecular weight excluding hydrogens is 502 g/mol. The van der Waals surface area contributed by atoms with Gasteiger partial charge in [0.05, 0.1) is 40.2 Å². The highest BCUT2D eigenvalue weighted by Crippen LogP contribution is 2.60. The topological polar surface area (TPSA) is 169 Å². The number of carbonyl (C=O) groups is 5. The molecule has 1 saturated heterocycles. The summed E-state index contributed by atoms with van der Waals surface area (Å²) in [7, 11) is 0.0198. The quantitative estimate of drug-likeness (QED) is 0.133. The van der Waals surface area contributed by atoms with E-state index >= 15 is 0 Å².